The lowest BCUT2D eigenvalue weighted by Gasteiger charge is -2.00. The maximum absolute atomic E-state index is 11.0. The van der Waals surface area contributed by atoms with E-state index < -0.39 is 5.91 Å². The van der Waals surface area contributed by atoms with Crippen LogP contribution in [0, 0.1) is 0 Å². The molecule has 2 N–H and O–H groups in total. The lowest BCUT2D eigenvalue weighted by molar-refractivity contribution is 0.0996. The summed E-state index contributed by atoms with van der Waals surface area (Å²) in [5, 5.41) is 0. The van der Waals surface area contributed by atoms with Crippen molar-refractivity contribution in [3.8, 4) is 11.3 Å². The molecule has 0 aliphatic rings. The predicted molar refractivity (Wildman–Crippen MR) is 48.3 cm³/mol. The molecule has 5 heteroatoms. The number of carbonyl (C=O) groups is 1. The molecule has 0 radical (unpaired) electrons. The zero-order valence-corrected chi connectivity index (χ0v) is 7.18. The van der Waals surface area contributed by atoms with Gasteiger partial charge in [-0.2, -0.15) is 0 Å². The van der Waals surface area contributed by atoms with Crippen molar-refractivity contribution in [2.45, 2.75) is 0 Å². The molecule has 1 amide bonds. The topological polar surface area (TPSA) is 82.0 Å². The fourth-order valence-corrected chi connectivity index (χ4v) is 1.15. The molecule has 2 heterocycles. The van der Waals surface area contributed by atoms with E-state index >= 15 is 0 Å². The van der Waals surface area contributed by atoms with E-state index in [1.54, 1.807) is 12.1 Å². The number of oxazole rings is 1. The minimum atomic E-state index is -0.586. The van der Waals surface area contributed by atoms with Gasteiger partial charge in [-0.05, 0) is 12.1 Å². The lowest BCUT2D eigenvalue weighted by atomic mass is 10.1. The fraction of sp³-hybridized carbons (Fsp3) is 0. The van der Waals surface area contributed by atoms with Crippen LogP contribution in [-0.2, 0) is 0 Å². The first-order chi connectivity index (χ1) is 6.79. The van der Waals surface area contributed by atoms with Crippen LogP contribution < -0.4 is 5.73 Å². The molecule has 0 bridgehead atoms. The first kappa shape index (κ1) is 8.43. The summed E-state index contributed by atoms with van der Waals surface area (Å²) in [5.41, 5.74) is 5.89. The summed E-state index contributed by atoms with van der Waals surface area (Å²) in [7, 11) is 0. The van der Waals surface area contributed by atoms with Gasteiger partial charge in [0.25, 0.3) is 5.91 Å². The Morgan fingerprint density at radius 1 is 1.50 bits per heavy atom. The first-order valence-electron chi connectivity index (χ1n) is 3.92. The lowest BCUT2D eigenvalue weighted by Crippen LogP contribution is -2.14. The van der Waals surface area contributed by atoms with E-state index in [1.807, 2.05) is 0 Å². The molecule has 0 spiro atoms. The van der Waals surface area contributed by atoms with Crippen molar-refractivity contribution in [3.05, 3.63) is 36.6 Å². The number of pyridine rings is 1. The van der Waals surface area contributed by atoms with Gasteiger partial charge in [0.05, 0.1) is 11.8 Å². The van der Waals surface area contributed by atoms with E-state index in [-0.39, 0.29) is 5.69 Å². The average molecular weight is 189 g/mol. The van der Waals surface area contributed by atoms with E-state index in [0.717, 1.165) is 0 Å². The summed E-state index contributed by atoms with van der Waals surface area (Å²) in [5.74, 6) is -0.107. The Labute approximate surface area is 79.6 Å². The zero-order valence-electron chi connectivity index (χ0n) is 7.18. The molecule has 0 saturated carbocycles. The maximum atomic E-state index is 11.0. The van der Waals surface area contributed by atoms with Crippen LogP contribution in [-0.4, -0.2) is 15.9 Å². The van der Waals surface area contributed by atoms with Crippen molar-refractivity contribution < 1.29 is 9.21 Å². The SMILES string of the molecule is NC(=O)c1ncccc1-c1cnco1. The van der Waals surface area contributed by atoms with Crippen LogP contribution in [0.5, 0.6) is 0 Å². The molecule has 0 aliphatic heterocycles. The fourth-order valence-electron chi connectivity index (χ4n) is 1.15. The van der Waals surface area contributed by atoms with Crippen molar-refractivity contribution in [3.63, 3.8) is 0 Å². The second-order valence-electron chi connectivity index (χ2n) is 2.63. The molecular formula is C9H7N3O2. The molecule has 14 heavy (non-hydrogen) atoms. The number of nitrogens with two attached hydrogens (primary N) is 1. The summed E-state index contributed by atoms with van der Waals surface area (Å²) in [6.45, 7) is 0. The maximum Gasteiger partial charge on any atom is 0.268 e. The monoisotopic (exact) mass is 189 g/mol. The van der Waals surface area contributed by atoms with E-state index in [1.165, 1.54) is 18.8 Å². The Balaban J connectivity index is 2.58. The second kappa shape index (κ2) is 3.29. The second-order valence-corrected chi connectivity index (χ2v) is 2.63. The minimum absolute atomic E-state index is 0.184. The summed E-state index contributed by atoms with van der Waals surface area (Å²) in [4.78, 5) is 18.6. The van der Waals surface area contributed by atoms with Gasteiger partial charge in [0, 0.05) is 6.20 Å². The number of hydrogen-bond acceptors (Lipinski definition) is 4. The number of amides is 1. The molecule has 2 rings (SSSR count). The molecule has 0 saturated heterocycles. The van der Waals surface area contributed by atoms with Gasteiger partial charge in [-0.15, -0.1) is 0 Å². The van der Waals surface area contributed by atoms with Crippen molar-refractivity contribution >= 4 is 5.91 Å². The molecule has 0 fully saturated rings. The van der Waals surface area contributed by atoms with Crippen LogP contribution in [0.4, 0.5) is 0 Å². The third-order valence-corrected chi connectivity index (χ3v) is 1.74. The Morgan fingerprint density at radius 3 is 3.00 bits per heavy atom. The highest BCUT2D eigenvalue weighted by Gasteiger charge is 2.12. The van der Waals surface area contributed by atoms with Gasteiger partial charge in [-0.1, -0.05) is 0 Å². The van der Waals surface area contributed by atoms with E-state index in [2.05, 4.69) is 9.97 Å². The summed E-state index contributed by atoms with van der Waals surface area (Å²) >= 11 is 0. The Kier molecular flexibility index (Phi) is 1.98. The molecule has 2 aromatic rings. The van der Waals surface area contributed by atoms with Crippen molar-refractivity contribution in [2.24, 2.45) is 5.73 Å². The van der Waals surface area contributed by atoms with Gasteiger partial charge in [-0.3, -0.25) is 9.78 Å². The van der Waals surface area contributed by atoms with Crippen LogP contribution in [0.2, 0.25) is 0 Å². The van der Waals surface area contributed by atoms with Crippen LogP contribution >= 0.6 is 0 Å². The van der Waals surface area contributed by atoms with Gasteiger partial charge in [0.1, 0.15) is 5.69 Å². The normalized spacial score (nSPS) is 10.0. The van der Waals surface area contributed by atoms with Gasteiger partial charge in [0.2, 0.25) is 0 Å². The van der Waals surface area contributed by atoms with E-state index in [9.17, 15) is 4.79 Å². The third kappa shape index (κ3) is 1.35. The van der Waals surface area contributed by atoms with Crippen LogP contribution in [0.25, 0.3) is 11.3 Å². The number of primary amides is 1. The number of aromatic nitrogens is 2. The van der Waals surface area contributed by atoms with Gasteiger partial charge >= 0.3 is 0 Å². The summed E-state index contributed by atoms with van der Waals surface area (Å²) in [6, 6.07) is 3.40. The van der Waals surface area contributed by atoms with Gasteiger partial charge in [0.15, 0.2) is 12.2 Å². The molecule has 70 valence electrons. The number of rotatable bonds is 2. The quantitative estimate of drug-likeness (QED) is 0.758. The minimum Gasteiger partial charge on any atom is -0.443 e. The van der Waals surface area contributed by atoms with Gasteiger partial charge < -0.3 is 10.2 Å². The van der Waals surface area contributed by atoms with Crippen molar-refractivity contribution in [1.29, 1.82) is 0 Å². The molecule has 0 atom stereocenters. The Hall–Kier alpha value is -2.17. The Bertz CT molecular complexity index is 451. The number of nitrogens with zero attached hydrogens (tertiary/aromatic N) is 2. The smallest absolute Gasteiger partial charge is 0.268 e. The standard InChI is InChI=1S/C9H7N3O2/c10-9(13)8-6(2-1-3-12-8)7-4-11-5-14-7/h1-5H,(H2,10,13). The van der Waals surface area contributed by atoms with E-state index in [4.69, 9.17) is 10.2 Å². The predicted octanol–water partition coefficient (Wildman–Crippen LogP) is 0.835. The summed E-state index contributed by atoms with van der Waals surface area (Å²) < 4.78 is 5.05. The number of carbonyl (C=O) groups excluding carboxylic acids is 1. The van der Waals surface area contributed by atoms with Crippen molar-refractivity contribution in [2.75, 3.05) is 0 Å². The van der Waals surface area contributed by atoms with Crippen molar-refractivity contribution in [1.82, 2.24) is 9.97 Å². The largest absolute Gasteiger partial charge is 0.443 e. The number of hydrogen-bond donors (Lipinski definition) is 1. The van der Waals surface area contributed by atoms with Gasteiger partial charge in [-0.25, -0.2) is 4.98 Å². The molecule has 0 aliphatic carbocycles. The first-order valence-corrected chi connectivity index (χ1v) is 3.92. The van der Waals surface area contributed by atoms with Crippen LogP contribution in [0.1, 0.15) is 10.5 Å². The third-order valence-electron chi connectivity index (χ3n) is 1.74. The Morgan fingerprint density at radius 2 is 2.36 bits per heavy atom. The molecular weight excluding hydrogens is 182 g/mol. The highest BCUT2D eigenvalue weighted by atomic mass is 16.3. The average Bonchev–Trinajstić information content (AvgIpc) is 2.70. The summed E-state index contributed by atoms with van der Waals surface area (Å²) in [6.07, 6.45) is 4.29. The zero-order chi connectivity index (χ0) is 9.97. The highest BCUT2D eigenvalue weighted by Crippen LogP contribution is 2.20. The molecule has 2 aromatic heterocycles. The molecule has 0 aromatic carbocycles. The highest BCUT2D eigenvalue weighted by molar-refractivity contribution is 5.97. The molecule has 5 nitrogen and oxygen atoms in total. The van der Waals surface area contributed by atoms with E-state index in [0.29, 0.717) is 11.3 Å². The van der Waals surface area contributed by atoms with Crippen LogP contribution in [0.15, 0.2) is 35.3 Å². The van der Waals surface area contributed by atoms with Crippen LogP contribution in [0.3, 0.4) is 0 Å². The molecule has 0 unspecified atom stereocenters.